The van der Waals surface area contributed by atoms with Crippen molar-refractivity contribution >= 4 is 17.7 Å². The molecule has 3 nitrogen and oxygen atoms in total. The number of hydrogen-bond acceptors (Lipinski definition) is 3. The Balaban J connectivity index is 1.81. The molecule has 0 aromatic heterocycles. The molecule has 1 amide bonds. The quantitative estimate of drug-likeness (QED) is 0.362. The van der Waals surface area contributed by atoms with Crippen LogP contribution in [0.3, 0.4) is 0 Å². The van der Waals surface area contributed by atoms with Crippen molar-refractivity contribution in [1.29, 1.82) is 0 Å². The van der Waals surface area contributed by atoms with Crippen LogP contribution in [0.15, 0.2) is 59.5 Å². The van der Waals surface area contributed by atoms with Crippen LogP contribution in [0.2, 0.25) is 0 Å². The van der Waals surface area contributed by atoms with Crippen molar-refractivity contribution in [2.75, 3.05) is 5.75 Å². The summed E-state index contributed by atoms with van der Waals surface area (Å²) in [5.74, 6) is 1.88. The maximum absolute atomic E-state index is 12.8. The van der Waals surface area contributed by atoms with Crippen molar-refractivity contribution in [3.8, 4) is 0 Å². The molecule has 0 radical (unpaired) electrons. The molecule has 2 aliphatic rings. The van der Waals surface area contributed by atoms with E-state index in [4.69, 9.17) is 4.74 Å². The number of carbonyl (C=O) groups is 1. The first-order valence-corrected chi connectivity index (χ1v) is 11.3. The van der Waals surface area contributed by atoms with Gasteiger partial charge in [-0.3, -0.25) is 4.79 Å². The Bertz CT molecular complexity index is 727. The molecule has 1 aliphatic carbocycles. The number of fused-ring (bicyclic) bond motifs is 1. The number of nitrogens with zero attached hydrogens (tertiary/aromatic N) is 1. The molecule has 152 valence electrons. The first-order valence-electron chi connectivity index (χ1n) is 10.3. The van der Waals surface area contributed by atoms with Crippen LogP contribution >= 0.6 is 11.8 Å². The molecule has 1 aromatic rings. The number of ether oxygens (including phenoxy) is 1. The summed E-state index contributed by atoms with van der Waals surface area (Å²) in [5.41, 5.74) is 0.973. The van der Waals surface area contributed by atoms with E-state index in [0.717, 1.165) is 18.6 Å². The van der Waals surface area contributed by atoms with E-state index in [-0.39, 0.29) is 23.8 Å². The predicted molar refractivity (Wildman–Crippen MR) is 117 cm³/mol. The number of thioether (sulfide) groups is 1. The zero-order valence-electron chi connectivity index (χ0n) is 17.6. The average molecular weight is 400 g/mol. The van der Waals surface area contributed by atoms with Gasteiger partial charge in [0, 0.05) is 22.1 Å². The molecule has 1 saturated carbocycles. The lowest BCUT2D eigenvalue weighted by atomic mass is 9.69. The standard InChI is InChI=1S/C24H33NO2S/c1-6-22(26)25-23(15-18(3)16-28-19-10-8-7-9-11-19)27-21-14-17(2)12-13-20(21)24(25,4)5/h6-11,15,17,20-21,23H,1,12-14,16H2,2-5H3/b18-15+/t17-,20-,21-,23+/m1/s1. The van der Waals surface area contributed by atoms with Crippen molar-refractivity contribution in [3.63, 3.8) is 0 Å². The fourth-order valence-corrected chi connectivity index (χ4v) is 5.50. The summed E-state index contributed by atoms with van der Waals surface area (Å²) in [5, 5.41) is 0. The van der Waals surface area contributed by atoms with E-state index >= 15 is 0 Å². The molecule has 1 aliphatic heterocycles. The van der Waals surface area contributed by atoms with Gasteiger partial charge in [0.15, 0.2) is 6.23 Å². The van der Waals surface area contributed by atoms with E-state index in [1.165, 1.54) is 23.0 Å². The van der Waals surface area contributed by atoms with Crippen LogP contribution in [-0.2, 0) is 9.53 Å². The topological polar surface area (TPSA) is 29.5 Å². The van der Waals surface area contributed by atoms with Gasteiger partial charge >= 0.3 is 0 Å². The third-order valence-corrected chi connectivity index (χ3v) is 7.40. The molecule has 4 heteroatoms. The highest BCUT2D eigenvalue weighted by Crippen LogP contribution is 2.45. The van der Waals surface area contributed by atoms with Gasteiger partial charge in [-0.15, -0.1) is 11.8 Å². The molecule has 0 bridgehead atoms. The number of hydrogen-bond donors (Lipinski definition) is 0. The molecule has 3 rings (SSSR count). The second-order valence-corrected chi connectivity index (χ2v) is 9.82. The summed E-state index contributed by atoms with van der Waals surface area (Å²) < 4.78 is 6.53. The van der Waals surface area contributed by atoms with Crippen LogP contribution in [0.4, 0.5) is 0 Å². The third kappa shape index (κ3) is 4.55. The monoisotopic (exact) mass is 399 g/mol. The second-order valence-electron chi connectivity index (χ2n) is 8.77. The number of carbonyl (C=O) groups excluding carboxylic acids is 1. The van der Waals surface area contributed by atoms with Gasteiger partial charge in [0.1, 0.15) is 0 Å². The lowest BCUT2D eigenvalue weighted by Gasteiger charge is -2.56. The van der Waals surface area contributed by atoms with Crippen molar-refractivity contribution in [3.05, 3.63) is 54.6 Å². The fourth-order valence-electron chi connectivity index (χ4n) is 4.66. The van der Waals surface area contributed by atoms with Crippen LogP contribution in [-0.4, -0.2) is 34.4 Å². The number of benzene rings is 1. The fraction of sp³-hybridized carbons (Fsp3) is 0.542. The summed E-state index contributed by atoms with van der Waals surface area (Å²) in [6, 6.07) is 10.4. The number of rotatable bonds is 5. The summed E-state index contributed by atoms with van der Waals surface area (Å²) in [7, 11) is 0. The maximum atomic E-state index is 12.8. The Morgan fingerprint density at radius 3 is 2.71 bits per heavy atom. The van der Waals surface area contributed by atoms with Gasteiger partial charge in [-0.2, -0.15) is 0 Å². The molecule has 28 heavy (non-hydrogen) atoms. The summed E-state index contributed by atoms with van der Waals surface area (Å²) in [4.78, 5) is 15.9. The van der Waals surface area contributed by atoms with E-state index in [1.807, 2.05) is 22.7 Å². The second kappa shape index (κ2) is 8.87. The summed E-state index contributed by atoms with van der Waals surface area (Å²) in [6.07, 6.45) is 6.83. The van der Waals surface area contributed by atoms with E-state index in [0.29, 0.717) is 11.8 Å². The van der Waals surface area contributed by atoms with E-state index in [9.17, 15) is 4.79 Å². The molecule has 4 atom stereocenters. The molecular weight excluding hydrogens is 366 g/mol. The highest BCUT2D eigenvalue weighted by Gasteiger charge is 2.51. The molecule has 1 saturated heterocycles. The lowest BCUT2D eigenvalue weighted by Crippen LogP contribution is -2.65. The minimum absolute atomic E-state index is 0.0492. The number of amides is 1. The zero-order valence-corrected chi connectivity index (χ0v) is 18.4. The minimum Gasteiger partial charge on any atom is -0.351 e. The van der Waals surface area contributed by atoms with Gasteiger partial charge in [0.05, 0.1) is 6.10 Å². The van der Waals surface area contributed by atoms with Crippen LogP contribution in [0.5, 0.6) is 0 Å². The van der Waals surface area contributed by atoms with E-state index < -0.39 is 0 Å². The van der Waals surface area contributed by atoms with Gasteiger partial charge < -0.3 is 9.64 Å². The first kappa shape index (κ1) is 21.2. The van der Waals surface area contributed by atoms with Gasteiger partial charge in [-0.25, -0.2) is 0 Å². The van der Waals surface area contributed by atoms with Gasteiger partial charge in [-0.1, -0.05) is 43.7 Å². The Morgan fingerprint density at radius 2 is 2.04 bits per heavy atom. The van der Waals surface area contributed by atoms with Crippen molar-refractivity contribution in [2.45, 2.75) is 69.7 Å². The maximum Gasteiger partial charge on any atom is 0.248 e. The van der Waals surface area contributed by atoms with Crippen molar-refractivity contribution in [2.24, 2.45) is 11.8 Å². The van der Waals surface area contributed by atoms with Crippen molar-refractivity contribution in [1.82, 2.24) is 4.90 Å². The average Bonchev–Trinajstić information content (AvgIpc) is 2.66. The van der Waals surface area contributed by atoms with E-state index in [2.05, 4.69) is 64.6 Å². The minimum atomic E-state index is -0.330. The molecule has 0 unspecified atom stereocenters. The highest BCUT2D eigenvalue weighted by molar-refractivity contribution is 7.99. The highest BCUT2D eigenvalue weighted by atomic mass is 32.2. The van der Waals surface area contributed by atoms with Crippen LogP contribution in [0, 0.1) is 11.8 Å². The van der Waals surface area contributed by atoms with Gasteiger partial charge in [0.25, 0.3) is 0 Å². The Kier molecular flexibility index (Phi) is 6.72. The third-order valence-electron chi connectivity index (χ3n) is 6.20. The molecule has 1 aromatic carbocycles. The van der Waals surface area contributed by atoms with Crippen LogP contribution in [0.25, 0.3) is 0 Å². The molecule has 0 N–H and O–H groups in total. The Labute approximate surface area is 174 Å². The Morgan fingerprint density at radius 1 is 1.32 bits per heavy atom. The van der Waals surface area contributed by atoms with Crippen molar-refractivity contribution < 1.29 is 9.53 Å². The predicted octanol–water partition coefficient (Wildman–Crippen LogP) is 5.68. The molecule has 1 heterocycles. The zero-order chi connectivity index (χ0) is 20.3. The van der Waals surface area contributed by atoms with Crippen LogP contribution < -0.4 is 0 Å². The molecule has 0 spiro atoms. The molecule has 2 fully saturated rings. The lowest BCUT2D eigenvalue weighted by molar-refractivity contribution is -0.213. The largest absolute Gasteiger partial charge is 0.351 e. The van der Waals surface area contributed by atoms with Gasteiger partial charge in [0.2, 0.25) is 5.91 Å². The van der Waals surface area contributed by atoms with Gasteiger partial charge in [-0.05, 0) is 63.8 Å². The SMILES string of the molecule is C=CC(=O)N1[C@H](/C=C(\C)CSc2ccccc2)O[C@@H]2C[C@H](C)CC[C@H]2C1(C)C. The summed E-state index contributed by atoms with van der Waals surface area (Å²) >= 11 is 1.81. The smallest absolute Gasteiger partial charge is 0.248 e. The summed E-state index contributed by atoms with van der Waals surface area (Å²) in [6.45, 7) is 12.6. The normalized spacial score (nSPS) is 29.9. The van der Waals surface area contributed by atoms with E-state index in [1.54, 1.807) is 0 Å². The molecular formula is C24H33NO2S. The first-order chi connectivity index (χ1) is 13.3. The Hall–Kier alpha value is -1.52. The van der Waals surface area contributed by atoms with Crippen LogP contribution in [0.1, 0.15) is 47.0 Å².